The van der Waals surface area contributed by atoms with E-state index in [1.807, 2.05) is 25.1 Å². The highest BCUT2D eigenvalue weighted by Crippen LogP contribution is 2.04. The Hall–Kier alpha value is -2.09. The minimum Gasteiger partial charge on any atom is -0.305 e. The second kappa shape index (κ2) is 6.01. The molecule has 0 bridgehead atoms. The van der Waals surface area contributed by atoms with Crippen LogP contribution in [0.15, 0.2) is 59.7 Å². The average Bonchev–Trinajstić information content (AvgIpc) is 2.40. The second-order valence-corrected chi connectivity index (χ2v) is 4.38. The Morgan fingerprint density at radius 1 is 1.00 bits per heavy atom. The van der Waals surface area contributed by atoms with Gasteiger partial charge in [0, 0.05) is 0 Å². The summed E-state index contributed by atoms with van der Waals surface area (Å²) >= 11 is 0. The molecule has 2 aromatic carbocycles. The van der Waals surface area contributed by atoms with E-state index in [0.29, 0.717) is 0 Å². The van der Waals surface area contributed by atoms with Gasteiger partial charge < -0.3 is 5.43 Å². The van der Waals surface area contributed by atoms with Gasteiger partial charge in [-0.05, 0) is 25.0 Å². The van der Waals surface area contributed by atoms with Crippen molar-refractivity contribution in [3.8, 4) is 0 Å². The van der Waals surface area contributed by atoms with E-state index in [0.717, 1.165) is 17.8 Å². The van der Waals surface area contributed by atoms with E-state index in [-0.39, 0.29) is 0 Å². The second-order valence-electron chi connectivity index (χ2n) is 4.38. The van der Waals surface area contributed by atoms with Crippen molar-refractivity contribution in [2.45, 2.75) is 20.4 Å². The van der Waals surface area contributed by atoms with Crippen LogP contribution in [-0.2, 0) is 6.54 Å². The molecule has 2 heteroatoms. The lowest BCUT2D eigenvalue weighted by Crippen LogP contribution is -2.09. The number of hydrogen-bond donors (Lipinski definition) is 1. The van der Waals surface area contributed by atoms with Crippen LogP contribution < -0.4 is 5.43 Å². The molecule has 0 atom stereocenters. The minimum absolute atomic E-state index is 0.754. The van der Waals surface area contributed by atoms with Gasteiger partial charge in [-0.1, -0.05) is 60.2 Å². The van der Waals surface area contributed by atoms with Crippen LogP contribution in [0.1, 0.15) is 23.6 Å². The first-order chi connectivity index (χ1) is 8.75. The van der Waals surface area contributed by atoms with E-state index < -0.39 is 0 Å². The molecule has 0 heterocycles. The zero-order valence-corrected chi connectivity index (χ0v) is 10.9. The van der Waals surface area contributed by atoms with E-state index in [1.54, 1.807) is 0 Å². The van der Waals surface area contributed by atoms with Crippen LogP contribution in [0.4, 0.5) is 0 Å². The van der Waals surface area contributed by atoms with Crippen LogP contribution in [-0.4, -0.2) is 5.71 Å². The molecule has 0 fully saturated rings. The van der Waals surface area contributed by atoms with Crippen LogP contribution in [0.5, 0.6) is 0 Å². The summed E-state index contributed by atoms with van der Waals surface area (Å²) in [5.74, 6) is 0. The number of hydrogen-bond acceptors (Lipinski definition) is 2. The molecule has 0 saturated heterocycles. The molecule has 0 aliphatic heterocycles. The number of hydrazone groups is 1. The van der Waals surface area contributed by atoms with Gasteiger partial charge in [-0.3, -0.25) is 0 Å². The fraction of sp³-hybridized carbons (Fsp3) is 0.188. The minimum atomic E-state index is 0.754. The molecular formula is C16H18N2. The van der Waals surface area contributed by atoms with E-state index >= 15 is 0 Å². The predicted molar refractivity (Wildman–Crippen MR) is 76.7 cm³/mol. The maximum absolute atomic E-state index is 4.39. The van der Waals surface area contributed by atoms with E-state index in [2.05, 4.69) is 53.8 Å². The molecule has 0 aliphatic carbocycles. The van der Waals surface area contributed by atoms with E-state index in [9.17, 15) is 0 Å². The molecule has 0 saturated carbocycles. The van der Waals surface area contributed by atoms with Gasteiger partial charge in [0.2, 0.25) is 0 Å². The molecule has 2 nitrogen and oxygen atoms in total. The number of benzene rings is 2. The molecule has 0 aromatic heterocycles. The lowest BCUT2D eigenvalue weighted by atomic mass is 10.1. The van der Waals surface area contributed by atoms with Gasteiger partial charge in [-0.25, -0.2) is 0 Å². The molecule has 2 aromatic rings. The van der Waals surface area contributed by atoms with Gasteiger partial charge in [-0.2, -0.15) is 5.10 Å². The summed E-state index contributed by atoms with van der Waals surface area (Å²) in [6, 6.07) is 18.7. The number of nitrogens with one attached hydrogen (secondary N) is 1. The summed E-state index contributed by atoms with van der Waals surface area (Å²) in [5.41, 5.74) is 7.76. The van der Waals surface area contributed by atoms with Gasteiger partial charge >= 0.3 is 0 Å². The van der Waals surface area contributed by atoms with Gasteiger partial charge in [0.1, 0.15) is 0 Å². The molecule has 18 heavy (non-hydrogen) atoms. The molecule has 0 spiro atoms. The van der Waals surface area contributed by atoms with Crippen molar-refractivity contribution in [2.24, 2.45) is 5.10 Å². The summed E-state index contributed by atoms with van der Waals surface area (Å²) < 4.78 is 0. The van der Waals surface area contributed by atoms with Crippen molar-refractivity contribution < 1.29 is 0 Å². The maximum atomic E-state index is 4.39. The van der Waals surface area contributed by atoms with Crippen LogP contribution >= 0.6 is 0 Å². The summed E-state index contributed by atoms with van der Waals surface area (Å²) in [6.07, 6.45) is 0. The quantitative estimate of drug-likeness (QED) is 0.639. The average molecular weight is 238 g/mol. The zero-order chi connectivity index (χ0) is 12.8. The van der Waals surface area contributed by atoms with E-state index in [4.69, 9.17) is 0 Å². The molecular weight excluding hydrogens is 220 g/mol. The van der Waals surface area contributed by atoms with Crippen molar-refractivity contribution in [3.05, 3.63) is 71.3 Å². The Morgan fingerprint density at radius 2 is 1.67 bits per heavy atom. The fourth-order valence-corrected chi connectivity index (χ4v) is 1.70. The Labute approximate surface area is 108 Å². The number of rotatable bonds is 4. The van der Waals surface area contributed by atoms with Crippen molar-refractivity contribution in [2.75, 3.05) is 0 Å². The standard InChI is InChI=1S/C16H18N2/c1-13-8-10-16(11-9-13)14(2)18-17-12-15-6-4-3-5-7-15/h3-11,17H,12H2,1-2H3. The number of aryl methyl sites for hydroxylation is 1. The van der Waals surface area contributed by atoms with Crippen molar-refractivity contribution in [3.63, 3.8) is 0 Å². The summed E-state index contributed by atoms with van der Waals surface area (Å²) in [6.45, 7) is 4.86. The Morgan fingerprint density at radius 3 is 2.33 bits per heavy atom. The van der Waals surface area contributed by atoms with Gasteiger partial charge in [0.15, 0.2) is 0 Å². The Balaban J connectivity index is 1.95. The van der Waals surface area contributed by atoms with Crippen LogP contribution in [0, 0.1) is 6.92 Å². The molecule has 2 rings (SSSR count). The fourth-order valence-electron chi connectivity index (χ4n) is 1.70. The van der Waals surface area contributed by atoms with Crippen LogP contribution in [0.3, 0.4) is 0 Å². The largest absolute Gasteiger partial charge is 0.305 e. The first-order valence-electron chi connectivity index (χ1n) is 6.14. The highest BCUT2D eigenvalue weighted by molar-refractivity contribution is 5.98. The summed E-state index contributed by atoms with van der Waals surface area (Å²) in [5, 5.41) is 4.39. The first-order valence-corrected chi connectivity index (χ1v) is 6.14. The van der Waals surface area contributed by atoms with Gasteiger partial charge in [0.25, 0.3) is 0 Å². The monoisotopic (exact) mass is 238 g/mol. The predicted octanol–water partition coefficient (Wildman–Crippen LogP) is 3.51. The lowest BCUT2D eigenvalue weighted by Gasteiger charge is -2.04. The third-order valence-electron chi connectivity index (χ3n) is 2.84. The molecule has 0 aliphatic rings. The summed E-state index contributed by atoms with van der Waals surface area (Å²) in [4.78, 5) is 0. The third-order valence-corrected chi connectivity index (χ3v) is 2.84. The molecule has 92 valence electrons. The molecule has 0 unspecified atom stereocenters. The van der Waals surface area contributed by atoms with Gasteiger partial charge in [0.05, 0.1) is 12.3 Å². The van der Waals surface area contributed by atoms with Crippen LogP contribution in [0.2, 0.25) is 0 Å². The number of nitrogens with zero attached hydrogens (tertiary/aromatic N) is 1. The van der Waals surface area contributed by atoms with Crippen molar-refractivity contribution in [1.82, 2.24) is 5.43 Å². The Bertz CT molecular complexity index is 513. The molecule has 1 N–H and O–H groups in total. The SMILES string of the molecule is CC(=NNCc1ccccc1)c1ccc(C)cc1. The Kier molecular flexibility index (Phi) is 4.13. The topological polar surface area (TPSA) is 24.4 Å². The smallest absolute Gasteiger partial charge is 0.0644 e. The third kappa shape index (κ3) is 3.45. The highest BCUT2D eigenvalue weighted by Gasteiger charge is 1.96. The van der Waals surface area contributed by atoms with E-state index in [1.165, 1.54) is 11.1 Å². The van der Waals surface area contributed by atoms with Gasteiger partial charge in [-0.15, -0.1) is 0 Å². The zero-order valence-electron chi connectivity index (χ0n) is 10.9. The normalized spacial score (nSPS) is 11.3. The molecule has 0 amide bonds. The maximum Gasteiger partial charge on any atom is 0.0644 e. The van der Waals surface area contributed by atoms with Crippen molar-refractivity contribution >= 4 is 5.71 Å². The van der Waals surface area contributed by atoms with Crippen molar-refractivity contribution in [1.29, 1.82) is 0 Å². The van der Waals surface area contributed by atoms with Crippen LogP contribution in [0.25, 0.3) is 0 Å². The summed E-state index contributed by atoms with van der Waals surface area (Å²) in [7, 11) is 0. The molecule has 0 radical (unpaired) electrons. The first kappa shape index (κ1) is 12.4. The highest BCUT2D eigenvalue weighted by atomic mass is 15.3. The lowest BCUT2D eigenvalue weighted by molar-refractivity contribution is 0.744.